The second-order valence-electron chi connectivity index (χ2n) is 2.96. The van der Waals surface area contributed by atoms with E-state index >= 15 is 0 Å². The summed E-state index contributed by atoms with van der Waals surface area (Å²) < 4.78 is 1.84. The molecule has 0 fully saturated rings. The van der Waals surface area contributed by atoms with Crippen LogP contribution in [0.25, 0.3) is 0 Å². The van der Waals surface area contributed by atoms with Gasteiger partial charge in [0.25, 0.3) is 0 Å². The van der Waals surface area contributed by atoms with E-state index in [1.54, 1.807) is 29.3 Å². The predicted molar refractivity (Wildman–Crippen MR) is 71.4 cm³/mol. The van der Waals surface area contributed by atoms with Gasteiger partial charge in [0.15, 0.2) is 4.34 Å². The number of nitrogen functional groups attached to an aromatic ring is 1. The van der Waals surface area contributed by atoms with E-state index in [-0.39, 0.29) is 5.84 Å². The molecule has 2 aromatic rings. The summed E-state index contributed by atoms with van der Waals surface area (Å²) in [6.45, 7) is 0. The molecule has 6 heteroatoms. The summed E-state index contributed by atoms with van der Waals surface area (Å²) in [4.78, 5) is 5.27. The molecule has 0 bridgehead atoms. The maximum atomic E-state index is 7.37. The van der Waals surface area contributed by atoms with E-state index in [9.17, 15) is 0 Å². The number of rotatable bonds is 3. The zero-order valence-corrected chi connectivity index (χ0v) is 11.3. The molecule has 0 aliphatic rings. The number of halogens is 1. The number of benzene rings is 1. The molecule has 3 N–H and O–H groups in total. The summed E-state index contributed by atoms with van der Waals surface area (Å²) in [7, 11) is 0. The second kappa shape index (κ2) is 4.99. The van der Waals surface area contributed by atoms with Crippen molar-refractivity contribution in [2.45, 2.75) is 9.24 Å². The van der Waals surface area contributed by atoms with Crippen LogP contribution in [-0.2, 0) is 0 Å². The molecule has 0 amide bonds. The lowest BCUT2D eigenvalue weighted by atomic mass is 10.2. The Bertz CT molecular complexity index is 511. The molecule has 82 valence electrons. The largest absolute Gasteiger partial charge is 0.384 e. The number of amidine groups is 1. The Hall–Kier alpha value is -0.850. The fourth-order valence-corrected chi connectivity index (χ4v) is 3.52. The van der Waals surface area contributed by atoms with Gasteiger partial charge in [-0.25, -0.2) is 4.98 Å². The average Bonchev–Trinajstić information content (AvgIpc) is 2.70. The Balaban J connectivity index is 2.24. The number of hydrogen-bond donors (Lipinski definition) is 2. The average molecular weight is 314 g/mol. The molecular weight excluding hydrogens is 306 g/mol. The van der Waals surface area contributed by atoms with Gasteiger partial charge in [-0.05, 0) is 34.1 Å². The molecule has 1 aromatic carbocycles. The Kier molecular flexibility index (Phi) is 3.63. The molecule has 0 spiro atoms. The number of nitrogens with one attached hydrogen (secondary N) is 1. The van der Waals surface area contributed by atoms with Crippen molar-refractivity contribution in [2.24, 2.45) is 5.73 Å². The third-order valence-corrected chi connectivity index (χ3v) is 4.37. The molecule has 16 heavy (non-hydrogen) atoms. The molecule has 0 aliphatic heterocycles. The van der Waals surface area contributed by atoms with Crippen LogP contribution in [0.15, 0.2) is 43.5 Å². The van der Waals surface area contributed by atoms with Crippen LogP contribution in [0, 0.1) is 5.41 Å². The summed E-state index contributed by atoms with van der Waals surface area (Å²) in [5, 5.41) is 9.32. The Labute approximate surface area is 110 Å². The van der Waals surface area contributed by atoms with Crippen LogP contribution in [-0.4, -0.2) is 10.8 Å². The molecular formula is C10H8BrN3S2. The van der Waals surface area contributed by atoms with Crippen molar-refractivity contribution in [3.63, 3.8) is 0 Å². The van der Waals surface area contributed by atoms with Crippen molar-refractivity contribution in [3.8, 4) is 0 Å². The third-order valence-electron chi connectivity index (χ3n) is 1.85. The van der Waals surface area contributed by atoms with Crippen LogP contribution in [0.1, 0.15) is 5.56 Å². The highest BCUT2D eigenvalue weighted by atomic mass is 79.9. The highest BCUT2D eigenvalue weighted by Gasteiger charge is 2.06. The fourth-order valence-electron chi connectivity index (χ4n) is 1.14. The molecule has 1 heterocycles. The topological polar surface area (TPSA) is 62.8 Å². The molecule has 0 unspecified atom stereocenters. The molecule has 0 saturated carbocycles. The van der Waals surface area contributed by atoms with E-state index in [0.29, 0.717) is 5.56 Å². The lowest BCUT2D eigenvalue weighted by Gasteiger charge is -2.04. The summed E-state index contributed by atoms with van der Waals surface area (Å²) in [6, 6.07) is 5.72. The zero-order valence-electron chi connectivity index (χ0n) is 8.11. The van der Waals surface area contributed by atoms with E-state index in [2.05, 4.69) is 20.9 Å². The minimum atomic E-state index is 0.0673. The van der Waals surface area contributed by atoms with Crippen LogP contribution in [0.5, 0.6) is 0 Å². The first-order valence-corrected chi connectivity index (χ1v) is 6.87. The number of nitrogens with zero attached hydrogens (tertiary/aromatic N) is 1. The van der Waals surface area contributed by atoms with Crippen molar-refractivity contribution in [2.75, 3.05) is 0 Å². The van der Waals surface area contributed by atoms with Gasteiger partial charge < -0.3 is 5.73 Å². The van der Waals surface area contributed by atoms with Crippen molar-refractivity contribution >= 4 is 44.9 Å². The molecule has 1 aromatic heterocycles. The lowest BCUT2D eigenvalue weighted by molar-refractivity contribution is 1.24. The Morgan fingerprint density at radius 1 is 1.50 bits per heavy atom. The van der Waals surface area contributed by atoms with Gasteiger partial charge in [0.05, 0.1) is 0 Å². The van der Waals surface area contributed by atoms with Gasteiger partial charge in [-0.15, -0.1) is 11.3 Å². The lowest BCUT2D eigenvalue weighted by Crippen LogP contribution is -2.11. The first-order chi connectivity index (χ1) is 7.66. The van der Waals surface area contributed by atoms with Crippen LogP contribution < -0.4 is 5.73 Å². The van der Waals surface area contributed by atoms with E-state index in [1.807, 2.05) is 23.6 Å². The second-order valence-corrected chi connectivity index (χ2v) is 6.02. The zero-order chi connectivity index (χ0) is 11.5. The predicted octanol–water partition coefficient (Wildman–Crippen LogP) is 3.34. The number of hydrogen-bond acceptors (Lipinski definition) is 4. The van der Waals surface area contributed by atoms with Crippen molar-refractivity contribution in [1.82, 2.24) is 4.98 Å². The van der Waals surface area contributed by atoms with Gasteiger partial charge >= 0.3 is 0 Å². The van der Waals surface area contributed by atoms with Crippen molar-refractivity contribution in [3.05, 3.63) is 39.8 Å². The first kappa shape index (κ1) is 11.6. The fraction of sp³-hybridized carbons (Fsp3) is 0. The smallest absolute Gasteiger partial charge is 0.154 e. The van der Waals surface area contributed by atoms with E-state index in [1.165, 1.54) is 0 Å². The SMILES string of the molecule is N=C(N)c1ccc(Sc2nccs2)cc1Br. The monoisotopic (exact) mass is 313 g/mol. The summed E-state index contributed by atoms with van der Waals surface area (Å²) in [6.07, 6.45) is 1.78. The van der Waals surface area contributed by atoms with Gasteiger partial charge in [-0.3, -0.25) is 5.41 Å². The molecule has 3 nitrogen and oxygen atoms in total. The van der Waals surface area contributed by atoms with Crippen LogP contribution in [0.4, 0.5) is 0 Å². The van der Waals surface area contributed by atoms with Crippen molar-refractivity contribution in [1.29, 1.82) is 5.41 Å². The van der Waals surface area contributed by atoms with Crippen LogP contribution in [0.2, 0.25) is 0 Å². The number of thiazole rings is 1. The maximum absolute atomic E-state index is 7.37. The molecule has 2 rings (SSSR count). The maximum Gasteiger partial charge on any atom is 0.154 e. The Morgan fingerprint density at radius 3 is 2.88 bits per heavy atom. The van der Waals surface area contributed by atoms with Crippen molar-refractivity contribution < 1.29 is 0 Å². The molecule has 0 atom stereocenters. The van der Waals surface area contributed by atoms with Gasteiger partial charge in [0, 0.05) is 26.5 Å². The quantitative estimate of drug-likeness (QED) is 0.674. The molecule has 0 saturated heterocycles. The highest BCUT2D eigenvalue weighted by molar-refractivity contribution is 9.10. The summed E-state index contributed by atoms with van der Waals surface area (Å²) >= 11 is 6.60. The highest BCUT2D eigenvalue weighted by Crippen LogP contribution is 2.31. The van der Waals surface area contributed by atoms with E-state index in [4.69, 9.17) is 11.1 Å². The third kappa shape index (κ3) is 2.63. The van der Waals surface area contributed by atoms with Gasteiger partial charge in [-0.2, -0.15) is 0 Å². The summed E-state index contributed by atoms with van der Waals surface area (Å²) in [5.74, 6) is 0.0673. The van der Waals surface area contributed by atoms with E-state index < -0.39 is 0 Å². The van der Waals surface area contributed by atoms with Crippen LogP contribution in [0.3, 0.4) is 0 Å². The Morgan fingerprint density at radius 2 is 2.31 bits per heavy atom. The number of nitrogens with two attached hydrogens (primary N) is 1. The van der Waals surface area contributed by atoms with E-state index in [0.717, 1.165) is 13.7 Å². The minimum absolute atomic E-state index is 0.0673. The molecule has 0 aliphatic carbocycles. The van der Waals surface area contributed by atoms with Gasteiger partial charge in [-0.1, -0.05) is 11.8 Å². The first-order valence-electron chi connectivity index (χ1n) is 4.38. The standard InChI is InChI=1S/C10H8BrN3S2/c11-8-5-6(1-2-7(8)9(12)13)16-10-14-3-4-15-10/h1-5H,(H3,12,13). The minimum Gasteiger partial charge on any atom is -0.384 e. The van der Waals surface area contributed by atoms with Gasteiger partial charge in [0.1, 0.15) is 5.84 Å². The molecule has 0 radical (unpaired) electrons. The van der Waals surface area contributed by atoms with Crippen LogP contribution >= 0.6 is 39.0 Å². The normalized spacial score (nSPS) is 10.3. The number of aromatic nitrogens is 1. The van der Waals surface area contributed by atoms with Gasteiger partial charge in [0.2, 0.25) is 0 Å². The summed E-state index contributed by atoms with van der Waals surface area (Å²) in [5.41, 5.74) is 6.15.